The Hall–Kier alpha value is -4.88. The number of likely N-dealkylation sites (tertiary alicyclic amines) is 1. The second-order valence-electron chi connectivity index (χ2n) is 22.3. The summed E-state index contributed by atoms with van der Waals surface area (Å²) in [6.45, 7) is 34.0. The monoisotopic (exact) mass is 992 g/mol. The molecule has 1 aliphatic heterocycles. The van der Waals surface area contributed by atoms with Crippen LogP contribution in [0.4, 0.5) is 21.0 Å². The maximum Gasteiger partial charge on any atom is 0.411 e. The molecule has 4 N–H and O–H groups in total. The van der Waals surface area contributed by atoms with Crippen molar-refractivity contribution in [1.29, 1.82) is 0 Å². The molecule has 5 amide bonds. The van der Waals surface area contributed by atoms with Crippen LogP contribution in [0.3, 0.4) is 0 Å². The van der Waals surface area contributed by atoms with Crippen molar-refractivity contribution in [3.8, 4) is 11.5 Å². The second kappa shape index (κ2) is 22.5. The number of hydrogen-bond donors (Lipinski definition) is 4. The van der Waals surface area contributed by atoms with Gasteiger partial charge in [0, 0.05) is 18.3 Å². The second-order valence-corrected chi connectivity index (χ2v) is 32.5. The van der Waals surface area contributed by atoms with E-state index in [4.69, 9.17) is 23.1 Å². The maximum atomic E-state index is 15.1. The van der Waals surface area contributed by atoms with Gasteiger partial charge in [-0.1, -0.05) is 101 Å². The van der Waals surface area contributed by atoms with Crippen molar-refractivity contribution in [3.63, 3.8) is 0 Å². The highest BCUT2D eigenvalue weighted by molar-refractivity contribution is 6.78. The van der Waals surface area contributed by atoms with Crippen LogP contribution in [-0.4, -0.2) is 95.4 Å². The molecule has 0 unspecified atom stereocenters. The molecule has 1 spiro atoms. The van der Waals surface area contributed by atoms with Crippen LogP contribution < -0.4 is 30.4 Å². The van der Waals surface area contributed by atoms with E-state index in [1.54, 1.807) is 50.2 Å². The number of alkyl carbamates (subject to hydrolysis) is 1. The average Bonchev–Trinajstić information content (AvgIpc) is 4.20. The highest BCUT2D eigenvalue weighted by Crippen LogP contribution is 2.56. The van der Waals surface area contributed by atoms with Gasteiger partial charge in [-0.25, -0.2) is 9.59 Å². The number of rotatable bonds is 22. The number of carbonyl (C=O) groups is 5. The van der Waals surface area contributed by atoms with Crippen LogP contribution in [0, 0.1) is 11.3 Å². The molecule has 1 saturated heterocycles. The molecule has 69 heavy (non-hydrogen) atoms. The lowest BCUT2D eigenvalue weighted by molar-refractivity contribution is -0.128. The Kier molecular flexibility index (Phi) is 17.9. The van der Waals surface area contributed by atoms with Gasteiger partial charge in [0.1, 0.15) is 31.0 Å². The van der Waals surface area contributed by atoms with Crippen LogP contribution in [0.5, 0.6) is 11.5 Å². The number of anilines is 2. The van der Waals surface area contributed by atoms with E-state index in [1.165, 1.54) is 13.0 Å². The highest BCUT2D eigenvalue weighted by atomic mass is 28.4. The zero-order valence-corrected chi connectivity index (χ0v) is 45.8. The van der Waals surface area contributed by atoms with E-state index in [2.05, 4.69) is 103 Å². The Bertz CT molecular complexity index is 2140. The minimum Gasteiger partial charge on any atom is -0.540 e. The number of amides is 5. The molecular weight excluding hydrogens is 911 g/mol. The topological polar surface area (TPSA) is 183 Å². The first-order chi connectivity index (χ1) is 32.2. The van der Waals surface area contributed by atoms with E-state index in [-0.39, 0.29) is 69.9 Å². The van der Waals surface area contributed by atoms with Gasteiger partial charge in [-0.3, -0.25) is 19.7 Å². The Morgan fingerprint density at radius 2 is 1.45 bits per heavy atom. The SMILES string of the molecule is C=CCOC(=O)N[C@H](C(=O)N[C@@H](C)C(=O)Nc1ccc(COC(=O)Nc2cc(O[Si](C(C)C)(C(C)C)C(C)C)c(OC3CC3)cc2C(=O)N2CC3(CC3)C[C@H]2CO[Si](C)(C)C(C)(C)C)cc1)C(C)C. The first-order valence-corrected chi connectivity index (χ1v) is 29.9. The van der Waals surface area contributed by atoms with Gasteiger partial charge in [0.05, 0.1) is 30.0 Å². The summed E-state index contributed by atoms with van der Waals surface area (Å²) >= 11 is 0. The fraction of sp³-hybridized carbons (Fsp3) is 0.635. The molecule has 17 heteroatoms. The molecule has 0 radical (unpaired) electrons. The quantitative estimate of drug-likeness (QED) is 0.0654. The lowest BCUT2D eigenvalue weighted by Crippen LogP contribution is -2.53. The van der Waals surface area contributed by atoms with Crippen LogP contribution in [-0.2, 0) is 30.1 Å². The smallest absolute Gasteiger partial charge is 0.411 e. The summed E-state index contributed by atoms with van der Waals surface area (Å²) in [5.74, 6) is -0.463. The normalized spacial score (nSPS) is 17.7. The summed E-state index contributed by atoms with van der Waals surface area (Å²) in [5.41, 5.74) is 2.54. The average molecular weight is 992 g/mol. The molecule has 3 fully saturated rings. The van der Waals surface area contributed by atoms with Crippen LogP contribution in [0.2, 0.25) is 34.8 Å². The van der Waals surface area contributed by atoms with Gasteiger partial charge in [0.15, 0.2) is 14.1 Å². The lowest BCUT2D eigenvalue weighted by Gasteiger charge is -2.42. The van der Waals surface area contributed by atoms with Crippen molar-refractivity contribution in [1.82, 2.24) is 15.5 Å². The molecule has 2 aromatic carbocycles. The first-order valence-electron chi connectivity index (χ1n) is 24.9. The van der Waals surface area contributed by atoms with Crippen LogP contribution in [0.1, 0.15) is 131 Å². The standard InChI is InChI=1S/C52H81N5O10Si2/c1-16-25-63-50(62)56-45(32(2)3)47(59)53-36(10)46(58)54-38-19-17-37(18-20-38)29-64-49(61)55-42-27-44(67-69(33(4)5,34(6)7)35(8)9)43(66-40-21-22-40)26-41(42)48(60)57-31-52(23-24-52)28-39(57)30-65-68(14,15)51(11,12)13/h16-20,26-27,32-36,39-40,45H,1,21-25,28-31H2,2-15H3,(H,53,59)(H,54,58)(H,55,61)(H,56,62)/t36-,39-,45-/m0/s1. The molecule has 1 heterocycles. The number of hydrogen-bond acceptors (Lipinski definition) is 10. The largest absolute Gasteiger partial charge is 0.540 e. The van der Waals surface area contributed by atoms with E-state index in [0.29, 0.717) is 41.5 Å². The Morgan fingerprint density at radius 1 is 0.826 bits per heavy atom. The molecule has 2 aromatic rings. The molecule has 382 valence electrons. The fourth-order valence-corrected chi connectivity index (χ4v) is 15.4. The van der Waals surface area contributed by atoms with Crippen LogP contribution in [0.15, 0.2) is 49.1 Å². The van der Waals surface area contributed by atoms with Crippen molar-refractivity contribution in [2.24, 2.45) is 11.3 Å². The first kappa shape index (κ1) is 55.1. The van der Waals surface area contributed by atoms with Gasteiger partial charge in [-0.05, 0) is 109 Å². The van der Waals surface area contributed by atoms with Crippen molar-refractivity contribution >= 4 is 57.9 Å². The molecule has 3 atom stereocenters. The Labute approximate surface area is 413 Å². The molecule has 0 aromatic heterocycles. The van der Waals surface area contributed by atoms with Crippen molar-refractivity contribution in [3.05, 3.63) is 60.2 Å². The van der Waals surface area contributed by atoms with E-state index >= 15 is 4.79 Å². The molecule has 2 aliphatic carbocycles. The third-order valence-corrected chi connectivity index (χ3v) is 25.0. The summed E-state index contributed by atoms with van der Waals surface area (Å²) in [6, 6.07) is 8.32. The Balaban J connectivity index is 1.35. The maximum absolute atomic E-state index is 15.1. The fourth-order valence-electron chi connectivity index (χ4n) is 9.12. The van der Waals surface area contributed by atoms with E-state index in [0.717, 1.165) is 32.1 Å². The number of nitrogens with zero attached hydrogens (tertiary/aromatic N) is 1. The van der Waals surface area contributed by atoms with E-state index in [1.807, 2.05) is 4.90 Å². The number of benzene rings is 2. The van der Waals surface area contributed by atoms with Gasteiger partial charge < -0.3 is 43.9 Å². The zero-order chi connectivity index (χ0) is 51.2. The summed E-state index contributed by atoms with van der Waals surface area (Å²) in [4.78, 5) is 69.2. The van der Waals surface area contributed by atoms with Crippen LogP contribution in [0.25, 0.3) is 0 Å². The Morgan fingerprint density at radius 3 is 1.99 bits per heavy atom. The third kappa shape index (κ3) is 13.9. The van der Waals surface area contributed by atoms with E-state index in [9.17, 15) is 19.2 Å². The van der Waals surface area contributed by atoms with Gasteiger partial charge in [0.25, 0.3) is 14.2 Å². The molecule has 0 bridgehead atoms. The van der Waals surface area contributed by atoms with Crippen molar-refractivity contribution in [2.75, 3.05) is 30.4 Å². The number of carbonyl (C=O) groups excluding carboxylic acids is 5. The van der Waals surface area contributed by atoms with Gasteiger partial charge in [-0.2, -0.15) is 0 Å². The molecule has 2 saturated carbocycles. The predicted molar refractivity (Wildman–Crippen MR) is 276 cm³/mol. The summed E-state index contributed by atoms with van der Waals surface area (Å²) in [6.07, 6.45) is 4.76. The highest BCUT2D eigenvalue weighted by Gasteiger charge is 2.54. The lowest BCUT2D eigenvalue weighted by atomic mass is 10.0. The van der Waals surface area contributed by atoms with Crippen molar-refractivity contribution < 1.29 is 47.0 Å². The number of ether oxygens (including phenoxy) is 3. The molecule has 3 aliphatic rings. The third-order valence-electron chi connectivity index (χ3n) is 14.5. The zero-order valence-electron chi connectivity index (χ0n) is 43.8. The summed E-state index contributed by atoms with van der Waals surface area (Å²) in [7, 11) is -4.65. The molecule has 5 rings (SSSR count). The van der Waals surface area contributed by atoms with Gasteiger partial charge in [0.2, 0.25) is 11.8 Å². The van der Waals surface area contributed by atoms with Crippen molar-refractivity contribution in [2.45, 2.75) is 181 Å². The number of nitrogens with one attached hydrogen (secondary N) is 4. The van der Waals surface area contributed by atoms with Gasteiger partial charge >= 0.3 is 12.2 Å². The molecular formula is C52H81N5O10Si2. The predicted octanol–water partition coefficient (Wildman–Crippen LogP) is 10.9. The molecule has 15 nitrogen and oxygen atoms in total. The minimum atomic E-state index is -2.53. The van der Waals surface area contributed by atoms with E-state index < -0.39 is 52.7 Å². The minimum absolute atomic E-state index is 0.00799. The van der Waals surface area contributed by atoms with Gasteiger partial charge in [-0.15, -0.1) is 0 Å². The van der Waals surface area contributed by atoms with Crippen LogP contribution >= 0.6 is 0 Å². The summed E-state index contributed by atoms with van der Waals surface area (Å²) in [5, 5.41) is 10.9. The summed E-state index contributed by atoms with van der Waals surface area (Å²) < 4.78 is 31.3.